The van der Waals surface area contributed by atoms with E-state index in [1.165, 1.54) is 4.90 Å². The number of aliphatic hydroxyl groups excluding tert-OH is 1. The number of carbonyl (C=O) groups excluding carboxylic acids is 1. The molecule has 1 aliphatic rings. The first-order valence-corrected chi connectivity index (χ1v) is 6.07. The van der Waals surface area contributed by atoms with Crippen LogP contribution in [0.2, 0.25) is 0 Å². The molecule has 1 rings (SSSR count). The molecule has 0 spiro atoms. The van der Waals surface area contributed by atoms with Crippen molar-refractivity contribution >= 4 is 6.03 Å². The molecule has 4 nitrogen and oxygen atoms in total. The molecule has 1 fully saturated rings. The molecule has 1 aliphatic heterocycles. The number of hydrogen-bond donors (Lipinski definition) is 2. The Hall–Kier alpha value is -0.980. The van der Waals surface area contributed by atoms with Crippen LogP contribution in [0.5, 0.6) is 0 Å². The van der Waals surface area contributed by atoms with Gasteiger partial charge in [-0.05, 0) is 25.7 Å². The quantitative estimate of drug-likeness (QED) is 0.819. The summed E-state index contributed by atoms with van der Waals surface area (Å²) in [4.78, 5) is 13.0. The van der Waals surface area contributed by atoms with E-state index >= 15 is 0 Å². The van der Waals surface area contributed by atoms with E-state index in [9.17, 15) is 23.1 Å². The predicted octanol–water partition coefficient (Wildman–Crippen LogP) is 1.74. The van der Waals surface area contributed by atoms with Crippen molar-refractivity contribution in [1.29, 1.82) is 0 Å². The molecule has 0 aromatic carbocycles. The van der Waals surface area contributed by atoms with Gasteiger partial charge in [0.1, 0.15) is 0 Å². The molecule has 0 saturated carbocycles. The Morgan fingerprint density at radius 2 is 2.00 bits per heavy atom. The summed E-state index contributed by atoms with van der Waals surface area (Å²) < 4.78 is 35.7. The summed E-state index contributed by atoms with van der Waals surface area (Å²) in [7, 11) is 0. The lowest BCUT2D eigenvalue weighted by Crippen LogP contribution is -2.46. The Bertz CT molecular complexity index is 274. The average Bonchev–Trinajstić information content (AvgIpc) is 2.27. The molecule has 0 bridgehead atoms. The van der Waals surface area contributed by atoms with Gasteiger partial charge in [-0.3, -0.25) is 0 Å². The third-order valence-electron chi connectivity index (χ3n) is 3.19. The van der Waals surface area contributed by atoms with Crippen LogP contribution in [0.4, 0.5) is 18.0 Å². The first-order chi connectivity index (χ1) is 8.29. The fraction of sp³-hybridized carbons (Fsp3) is 0.909. The second-order valence-corrected chi connectivity index (χ2v) is 4.66. The monoisotopic (exact) mass is 268 g/mol. The molecule has 2 N–H and O–H groups in total. The molecule has 1 unspecified atom stereocenters. The van der Waals surface area contributed by atoms with Crippen LogP contribution in [-0.2, 0) is 0 Å². The average molecular weight is 268 g/mol. The Kier molecular flexibility index (Phi) is 5.25. The van der Waals surface area contributed by atoms with Gasteiger partial charge in [-0.15, -0.1) is 0 Å². The van der Waals surface area contributed by atoms with E-state index < -0.39 is 31.3 Å². The van der Waals surface area contributed by atoms with Crippen LogP contribution in [0.15, 0.2) is 0 Å². The number of likely N-dealkylation sites (tertiary alicyclic amines) is 1. The summed E-state index contributed by atoms with van der Waals surface area (Å²) in [6.45, 7) is 2.28. The third-order valence-corrected chi connectivity index (χ3v) is 3.19. The van der Waals surface area contributed by atoms with E-state index in [-0.39, 0.29) is 5.92 Å². The standard InChI is InChI=1S/C11H19F3N2O2/c1-8(17)9-2-6-16(7-3-9)10(18)15-5-4-11(12,13)14/h8-9,17H,2-7H2,1H3,(H,15,18). The van der Waals surface area contributed by atoms with Crippen LogP contribution in [-0.4, -0.2) is 48.0 Å². The minimum absolute atomic E-state index is 0.171. The van der Waals surface area contributed by atoms with E-state index in [1.807, 2.05) is 0 Å². The molecule has 0 aliphatic carbocycles. The number of rotatable bonds is 3. The number of alkyl halides is 3. The van der Waals surface area contributed by atoms with E-state index in [0.717, 1.165) is 0 Å². The van der Waals surface area contributed by atoms with Crippen molar-refractivity contribution in [2.75, 3.05) is 19.6 Å². The van der Waals surface area contributed by atoms with E-state index in [1.54, 1.807) is 6.92 Å². The Morgan fingerprint density at radius 1 is 1.44 bits per heavy atom. The van der Waals surface area contributed by atoms with Gasteiger partial charge in [0.05, 0.1) is 12.5 Å². The van der Waals surface area contributed by atoms with Crippen LogP contribution in [0.25, 0.3) is 0 Å². The maximum atomic E-state index is 11.9. The number of nitrogens with one attached hydrogen (secondary N) is 1. The van der Waals surface area contributed by atoms with Crippen molar-refractivity contribution < 1.29 is 23.1 Å². The molecule has 1 atom stereocenters. The SMILES string of the molecule is CC(O)C1CCN(C(=O)NCCC(F)(F)F)CC1. The maximum Gasteiger partial charge on any atom is 0.390 e. The summed E-state index contributed by atoms with van der Waals surface area (Å²) in [5, 5.41) is 11.6. The number of piperidine rings is 1. The van der Waals surface area contributed by atoms with Gasteiger partial charge in [-0.2, -0.15) is 13.2 Å². The van der Waals surface area contributed by atoms with Gasteiger partial charge in [0.25, 0.3) is 0 Å². The number of carbonyl (C=O) groups is 1. The van der Waals surface area contributed by atoms with Crippen molar-refractivity contribution in [3.63, 3.8) is 0 Å². The van der Waals surface area contributed by atoms with E-state index in [2.05, 4.69) is 5.32 Å². The first kappa shape index (κ1) is 15.1. The summed E-state index contributed by atoms with van der Waals surface area (Å²) >= 11 is 0. The van der Waals surface area contributed by atoms with Crippen molar-refractivity contribution in [2.45, 2.75) is 38.5 Å². The van der Waals surface area contributed by atoms with Crippen LogP contribution < -0.4 is 5.32 Å². The number of urea groups is 1. The number of halogens is 3. The molecule has 0 aromatic rings. The first-order valence-electron chi connectivity index (χ1n) is 6.07. The number of hydrogen-bond acceptors (Lipinski definition) is 2. The lowest BCUT2D eigenvalue weighted by molar-refractivity contribution is -0.133. The smallest absolute Gasteiger partial charge is 0.390 e. The molecule has 2 amide bonds. The van der Waals surface area contributed by atoms with Crippen LogP contribution in [0.3, 0.4) is 0 Å². The minimum atomic E-state index is -4.24. The van der Waals surface area contributed by atoms with Crippen LogP contribution >= 0.6 is 0 Å². The molecule has 7 heteroatoms. The van der Waals surface area contributed by atoms with Gasteiger partial charge >= 0.3 is 12.2 Å². The van der Waals surface area contributed by atoms with Crippen molar-refractivity contribution in [3.8, 4) is 0 Å². The van der Waals surface area contributed by atoms with Crippen molar-refractivity contribution in [2.24, 2.45) is 5.92 Å². The topological polar surface area (TPSA) is 52.6 Å². The fourth-order valence-corrected chi connectivity index (χ4v) is 2.01. The molecular formula is C11H19F3N2O2. The van der Waals surface area contributed by atoms with Gasteiger partial charge in [-0.1, -0.05) is 0 Å². The second-order valence-electron chi connectivity index (χ2n) is 4.66. The fourth-order valence-electron chi connectivity index (χ4n) is 2.01. The van der Waals surface area contributed by atoms with Gasteiger partial charge in [0.2, 0.25) is 0 Å². The minimum Gasteiger partial charge on any atom is -0.393 e. The predicted molar refractivity (Wildman–Crippen MR) is 60.0 cm³/mol. The zero-order chi connectivity index (χ0) is 13.8. The van der Waals surface area contributed by atoms with Gasteiger partial charge in [0.15, 0.2) is 0 Å². The molecule has 0 radical (unpaired) electrons. The van der Waals surface area contributed by atoms with Gasteiger partial charge in [-0.25, -0.2) is 4.79 Å². The zero-order valence-corrected chi connectivity index (χ0v) is 10.3. The molecule has 1 heterocycles. The number of nitrogens with zero attached hydrogens (tertiary/aromatic N) is 1. The van der Waals surface area contributed by atoms with Gasteiger partial charge < -0.3 is 15.3 Å². The molecule has 0 aromatic heterocycles. The van der Waals surface area contributed by atoms with Crippen LogP contribution in [0, 0.1) is 5.92 Å². The van der Waals surface area contributed by atoms with Crippen molar-refractivity contribution in [3.05, 3.63) is 0 Å². The third kappa shape index (κ3) is 5.12. The summed E-state index contributed by atoms with van der Waals surface area (Å²) in [5.74, 6) is 0.171. The highest BCUT2D eigenvalue weighted by Crippen LogP contribution is 2.21. The van der Waals surface area contributed by atoms with Gasteiger partial charge in [0, 0.05) is 19.6 Å². The maximum absolute atomic E-state index is 11.9. The second kappa shape index (κ2) is 6.26. The lowest BCUT2D eigenvalue weighted by atomic mass is 9.92. The number of aliphatic hydroxyl groups is 1. The summed E-state index contributed by atoms with van der Waals surface area (Å²) in [5.41, 5.74) is 0. The largest absolute Gasteiger partial charge is 0.393 e. The highest BCUT2D eigenvalue weighted by molar-refractivity contribution is 5.74. The van der Waals surface area contributed by atoms with E-state index in [4.69, 9.17) is 0 Å². The Morgan fingerprint density at radius 3 is 2.44 bits per heavy atom. The zero-order valence-electron chi connectivity index (χ0n) is 10.3. The Labute approximate surface area is 104 Å². The summed E-state index contributed by atoms with van der Waals surface area (Å²) in [6.07, 6.45) is -4.29. The normalized spacial score (nSPS) is 19.7. The lowest BCUT2D eigenvalue weighted by Gasteiger charge is -2.33. The Balaban J connectivity index is 2.24. The highest BCUT2D eigenvalue weighted by Gasteiger charge is 2.28. The summed E-state index contributed by atoms with van der Waals surface area (Å²) in [6, 6.07) is -0.455. The molecule has 18 heavy (non-hydrogen) atoms. The van der Waals surface area contributed by atoms with E-state index in [0.29, 0.717) is 25.9 Å². The van der Waals surface area contributed by atoms with Crippen LogP contribution in [0.1, 0.15) is 26.2 Å². The highest BCUT2D eigenvalue weighted by atomic mass is 19.4. The molecule has 1 saturated heterocycles. The van der Waals surface area contributed by atoms with Crippen molar-refractivity contribution in [1.82, 2.24) is 10.2 Å². The molecule has 106 valence electrons. The number of amides is 2. The molecular weight excluding hydrogens is 249 g/mol.